The first-order valence-electron chi connectivity index (χ1n) is 8.96. The van der Waals surface area contributed by atoms with Crippen LogP contribution in [0.3, 0.4) is 0 Å². The molecule has 0 amide bonds. The number of benzene rings is 1. The molecule has 0 radical (unpaired) electrons. The molecule has 0 atom stereocenters. The molecule has 1 fully saturated rings. The maximum atomic E-state index is 13.2. The van der Waals surface area contributed by atoms with Crippen LogP contribution in [0.1, 0.15) is 36.0 Å². The van der Waals surface area contributed by atoms with Gasteiger partial charge < -0.3 is 13.9 Å². The van der Waals surface area contributed by atoms with Crippen molar-refractivity contribution >= 4 is 15.9 Å². The van der Waals surface area contributed by atoms with Crippen molar-refractivity contribution in [1.82, 2.24) is 20.0 Å². The Labute approximate surface area is 180 Å². The fourth-order valence-electron chi connectivity index (χ4n) is 3.06. The molecule has 1 aliphatic carbocycles. The summed E-state index contributed by atoms with van der Waals surface area (Å²) in [6, 6.07) is 4.05. The molecule has 0 saturated heterocycles. The third kappa shape index (κ3) is 4.50. The van der Waals surface area contributed by atoms with Crippen molar-refractivity contribution < 1.29 is 35.8 Å². The van der Waals surface area contributed by atoms with Gasteiger partial charge in [-0.15, -0.1) is 10.2 Å². The molecule has 1 saturated carbocycles. The monoisotopic (exact) mass is 508 g/mol. The fraction of sp³-hybridized carbons (Fsp3) is 0.389. The highest BCUT2D eigenvalue weighted by molar-refractivity contribution is 9.10. The quantitative estimate of drug-likeness (QED) is 0.405. The molecule has 2 heterocycles. The molecule has 0 bridgehead atoms. The van der Waals surface area contributed by atoms with Crippen molar-refractivity contribution in [2.75, 3.05) is 7.11 Å². The van der Waals surface area contributed by atoms with Gasteiger partial charge in [0.05, 0.1) is 17.3 Å². The third-order valence-electron chi connectivity index (χ3n) is 4.54. The molecule has 0 spiro atoms. The summed E-state index contributed by atoms with van der Waals surface area (Å²) in [4.78, 5) is 0. The zero-order chi connectivity index (χ0) is 22.3. The summed E-state index contributed by atoms with van der Waals surface area (Å²) in [6.45, 7) is -3.18. The summed E-state index contributed by atoms with van der Waals surface area (Å²) in [5.41, 5.74) is -0.215. The molecule has 7 nitrogen and oxygen atoms in total. The minimum Gasteiger partial charge on any atom is -0.493 e. The molecule has 1 aliphatic rings. The summed E-state index contributed by atoms with van der Waals surface area (Å²) >= 11 is 3.02. The van der Waals surface area contributed by atoms with Crippen molar-refractivity contribution in [1.29, 1.82) is 0 Å². The fourth-order valence-corrected chi connectivity index (χ4v) is 3.89. The summed E-state index contributed by atoms with van der Waals surface area (Å²) < 4.78 is 80.8. The number of nitrogens with zero attached hydrogens (tertiary/aromatic N) is 4. The number of ether oxygens (including phenoxy) is 2. The maximum absolute atomic E-state index is 13.2. The maximum Gasteiger partial charge on any atom is 0.436 e. The van der Waals surface area contributed by atoms with Crippen LogP contribution in [0.15, 0.2) is 27.1 Å². The highest BCUT2D eigenvalue weighted by atomic mass is 79.9. The second-order valence-corrected chi connectivity index (χ2v) is 7.52. The van der Waals surface area contributed by atoms with E-state index in [0.717, 1.165) is 12.8 Å². The first kappa shape index (κ1) is 21.5. The van der Waals surface area contributed by atoms with Gasteiger partial charge in [0.1, 0.15) is 6.54 Å². The molecule has 13 heteroatoms. The van der Waals surface area contributed by atoms with Crippen LogP contribution in [0.5, 0.6) is 11.5 Å². The second kappa shape index (κ2) is 8.09. The van der Waals surface area contributed by atoms with E-state index in [-0.39, 0.29) is 40.2 Å². The van der Waals surface area contributed by atoms with Gasteiger partial charge in [0.25, 0.3) is 0 Å². The Bertz CT molecular complexity index is 1090. The van der Waals surface area contributed by atoms with Gasteiger partial charge in [-0.25, -0.2) is 0 Å². The Balaban J connectivity index is 1.61. The molecule has 0 unspecified atom stereocenters. The molecular formula is C18H14BrF5N4O3. The predicted molar refractivity (Wildman–Crippen MR) is 98.9 cm³/mol. The van der Waals surface area contributed by atoms with Gasteiger partial charge in [0.15, 0.2) is 17.2 Å². The van der Waals surface area contributed by atoms with Crippen molar-refractivity contribution in [3.8, 4) is 23.0 Å². The number of halogens is 6. The van der Waals surface area contributed by atoms with Crippen molar-refractivity contribution in [2.45, 2.75) is 38.1 Å². The lowest BCUT2D eigenvalue weighted by Crippen LogP contribution is -2.10. The van der Waals surface area contributed by atoms with E-state index in [4.69, 9.17) is 9.15 Å². The smallest absolute Gasteiger partial charge is 0.436 e. The molecule has 4 rings (SSSR count). The lowest BCUT2D eigenvalue weighted by molar-refractivity contribution is -0.142. The molecule has 3 aromatic rings. The minimum atomic E-state index is -4.60. The molecular weight excluding hydrogens is 495 g/mol. The topological polar surface area (TPSA) is 75.2 Å². The van der Waals surface area contributed by atoms with Crippen molar-refractivity contribution in [3.63, 3.8) is 0 Å². The molecule has 0 aliphatic heterocycles. The predicted octanol–water partition coefficient (Wildman–Crippen LogP) is 5.25. The van der Waals surface area contributed by atoms with E-state index in [2.05, 4.69) is 36.0 Å². The highest BCUT2D eigenvalue weighted by Gasteiger charge is 2.42. The zero-order valence-corrected chi connectivity index (χ0v) is 17.4. The zero-order valence-electron chi connectivity index (χ0n) is 15.8. The number of rotatable bonds is 7. The Kier molecular flexibility index (Phi) is 5.62. The van der Waals surface area contributed by atoms with Gasteiger partial charge in [-0.3, -0.25) is 4.68 Å². The number of methoxy groups -OCH3 is 1. The van der Waals surface area contributed by atoms with Crippen LogP contribution >= 0.6 is 15.9 Å². The lowest BCUT2D eigenvalue weighted by Gasteiger charge is -2.10. The van der Waals surface area contributed by atoms with Gasteiger partial charge in [0.2, 0.25) is 11.8 Å². The van der Waals surface area contributed by atoms with Crippen molar-refractivity contribution in [3.05, 3.63) is 40.0 Å². The van der Waals surface area contributed by atoms with Gasteiger partial charge in [-0.05, 0) is 47.0 Å². The van der Waals surface area contributed by atoms with Gasteiger partial charge in [-0.1, -0.05) is 0 Å². The second-order valence-electron chi connectivity index (χ2n) is 6.72. The van der Waals surface area contributed by atoms with E-state index in [1.54, 1.807) is 0 Å². The van der Waals surface area contributed by atoms with E-state index in [0.29, 0.717) is 11.3 Å². The van der Waals surface area contributed by atoms with Gasteiger partial charge in [0, 0.05) is 11.5 Å². The van der Waals surface area contributed by atoms with Crippen LogP contribution in [-0.4, -0.2) is 33.7 Å². The summed E-state index contributed by atoms with van der Waals surface area (Å²) in [7, 11) is 1.28. The van der Waals surface area contributed by atoms with Crippen LogP contribution in [-0.2, 0) is 12.7 Å². The highest BCUT2D eigenvalue weighted by Crippen LogP contribution is 2.47. The third-order valence-corrected chi connectivity index (χ3v) is 5.32. The summed E-state index contributed by atoms with van der Waals surface area (Å²) in [5.74, 6) is -0.0952. The molecule has 166 valence electrons. The van der Waals surface area contributed by atoms with Crippen LogP contribution < -0.4 is 9.47 Å². The molecule has 31 heavy (non-hydrogen) atoms. The number of alkyl halides is 5. The average molecular weight is 509 g/mol. The standard InChI is InChI=1S/C18H14BrF5N4O3/c1-29-11-6-9(4-5-10(11)30-17(20)21)16-26-25-12(31-16)7-28-14(8-2-3-8)13(19)15(27-28)18(22,23)24/h4-6,8,17H,2-3,7H2,1H3. The largest absolute Gasteiger partial charge is 0.493 e. The van der Waals surface area contributed by atoms with Gasteiger partial charge in [-0.2, -0.15) is 27.1 Å². The Morgan fingerprint density at radius 2 is 1.97 bits per heavy atom. The first-order chi connectivity index (χ1) is 14.7. The molecule has 1 aromatic carbocycles. The summed E-state index contributed by atoms with van der Waals surface area (Å²) in [6.07, 6.45) is -3.07. The Morgan fingerprint density at radius 1 is 1.23 bits per heavy atom. The van der Waals surface area contributed by atoms with E-state index in [9.17, 15) is 22.0 Å². The van der Waals surface area contributed by atoms with Crippen LogP contribution in [0.25, 0.3) is 11.5 Å². The summed E-state index contributed by atoms with van der Waals surface area (Å²) in [5, 5.41) is 11.4. The molecule has 0 N–H and O–H groups in total. The molecule has 2 aromatic heterocycles. The van der Waals surface area contributed by atoms with E-state index >= 15 is 0 Å². The van der Waals surface area contributed by atoms with Crippen molar-refractivity contribution in [2.24, 2.45) is 0 Å². The van der Waals surface area contributed by atoms with E-state index in [1.807, 2.05) is 0 Å². The average Bonchev–Trinajstić information content (AvgIpc) is 3.32. The number of hydrogen-bond acceptors (Lipinski definition) is 6. The van der Waals surface area contributed by atoms with Crippen LogP contribution in [0.2, 0.25) is 0 Å². The Morgan fingerprint density at radius 3 is 2.58 bits per heavy atom. The normalized spacial score (nSPS) is 14.3. The van der Waals surface area contributed by atoms with Crippen LogP contribution in [0, 0.1) is 0 Å². The lowest BCUT2D eigenvalue weighted by atomic mass is 10.2. The SMILES string of the molecule is COc1cc(-c2nnc(Cn3nc(C(F)(F)F)c(Br)c3C3CC3)o2)ccc1OC(F)F. The van der Waals surface area contributed by atoms with E-state index < -0.39 is 18.5 Å². The van der Waals surface area contributed by atoms with Gasteiger partial charge >= 0.3 is 12.8 Å². The van der Waals surface area contributed by atoms with E-state index in [1.165, 1.54) is 30.0 Å². The van der Waals surface area contributed by atoms with Crippen LogP contribution in [0.4, 0.5) is 22.0 Å². The first-order valence-corrected chi connectivity index (χ1v) is 9.75. The number of hydrogen-bond donors (Lipinski definition) is 0. The Hall–Kier alpha value is -2.70. The number of aromatic nitrogens is 4. The minimum absolute atomic E-state index is 0.0213.